The molecule has 23 heavy (non-hydrogen) atoms. The molecule has 1 heterocycles. The maximum Gasteiger partial charge on any atom is 0.251 e. The predicted octanol–water partition coefficient (Wildman–Crippen LogP) is 1.95. The van der Waals surface area contributed by atoms with E-state index in [9.17, 15) is 4.79 Å². The molecule has 1 N–H and O–H groups in total. The third-order valence-corrected chi connectivity index (χ3v) is 3.75. The highest BCUT2D eigenvalue weighted by Crippen LogP contribution is 2.18. The van der Waals surface area contributed by atoms with Gasteiger partial charge in [0.25, 0.3) is 5.91 Å². The van der Waals surface area contributed by atoms with Crippen LogP contribution in [0.1, 0.15) is 30.6 Å². The summed E-state index contributed by atoms with van der Waals surface area (Å²) in [5, 5.41) is 2.95. The fourth-order valence-corrected chi connectivity index (χ4v) is 2.42. The highest BCUT2D eigenvalue weighted by atomic mass is 16.7. The maximum atomic E-state index is 12.2. The van der Waals surface area contributed by atoms with Crippen molar-refractivity contribution in [3.63, 3.8) is 0 Å². The Labute approximate surface area is 137 Å². The van der Waals surface area contributed by atoms with Gasteiger partial charge < -0.3 is 24.3 Å². The smallest absolute Gasteiger partial charge is 0.251 e. The third kappa shape index (κ3) is 5.28. The molecule has 6 nitrogen and oxygen atoms in total. The molecule has 128 valence electrons. The molecule has 0 aromatic heterocycles. The van der Waals surface area contributed by atoms with Crippen LogP contribution in [-0.4, -0.2) is 51.0 Å². The maximum absolute atomic E-state index is 12.2. The fourth-order valence-electron chi connectivity index (χ4n) is 2.42. The van der Waals surface area contributed by atoms with Crippen molar-refractivity contribution in [2.45, 2.75) is 45.0 Å². The molecule has 0 unspecified atom stereocenters. The summed E-state index contributed by atoms with van der Waals surface area (Å²) in [5.74, 6) is -0.128. The summed E-state index contributed by atoms with van der Waals surface area (Å²) in [6.45, 7) is 4.80. The molecule has 6 heteroatoms. The molecule has 4 atom stereocenters. The molecular weight excluding hydrogens is 298 g/mol. The van der Waals surface area contributed by atoms with Crippen LogP contribution in [0.2, 0.25) is 0 Å². The topological polar surface area (TPSA) is 66.0 Å². The number of hydrogen-bond donors (Lipinski definition) is 1. The monoisotopic (exact) mass is 323 g/mol. The Morgan fingerprint density at radius 3 is 2.74 bits per heavy atom. The molecule has 0 saturated carbocycles. The molecule has 0 aliphatic carbocycles. The van der Waals surface area contributed by atoms with Gasteiger partial charge in [0.15, 0.2) is 12.6 Å². The molecule has 1 aliphatic rings. The van der Waals surface area contributed by atoms with Crippen LogP contribution in [0.3, 0.4) is 0 Å². The standard InChI is InChI=1S/C17H25NO5/c1-4-21-15(20-3)10-16-22-11-14(12(2)23-16)18-17(19)13-8-6-5-7-9-13/h5-9,12,14-16H,4,10-11H2,1-3H3,(H,18,19)/t12-,14-,15+,16+/m1/s1. The van der Waals surface area contributed by atoms with E-state index in [0.717, 1.165) is 0 Å². The van der Waals surface area contributed by atoms with E-state index in [1.54, 1.807) is 19.2 Å². The number of ether oxygens (including phenoxy) is 4. The van der Waals surface area contributed by atoms with Crippen LogP contribution in [0.15, 0.2) is 30.3 Å². The Morgan fingerprint density at radius 2 is 2.13 bits per heavy atom. The highest BCUT2D eigenvalue weighted by Gasteiger charge is 2.31. The summed E-state index contributed by atoms with van der Waals surface area (Å²) < 4.78 is 22.1. The largest absolute Gasteiger partial charge is 0.356 e. The number of methoxy groups -OCH3 is 1. The number of amides is 1. The van der Waals surface area contributed by atoms with Crippen LogP contribution in [0.25, 0.3) is 0 Å². The first-order chi connectivity index (χ1) is 11.1. The minimum absolute atomic E-state index is 0.128. The number of carbonyl (C=O) groups is 1. The molecular formula is C17H25NO5. The Morgan fingerprint density at radius 1 is 1.39 bits per heavy atom. The van der Waals surface area contributed by atoms with Crippen LogP contribution in [-0.2, 0) is 18.9 Å². The van der Waals surface area contributed by atoms with Crippen molar-refractivity contribution in [1.29, 1.82) is 0 Å². The second-order valence-electron chi connectivity index (χ2n) is 5.41. The average Bonchev–Trinajstić information content (AvgIpc) is 2.57. The van der Waals surface area contributed by atoms with E-state index < -0.39 is 6.29 Å². The first-order valence-corrected chi connectivity index (χ1v) is 7.91. The summed E-state index contributed by atoms with van der Waals surface area (Å²) in [4.78, 5) is 12.2. The molecule has 2 rings (SSSR count). The molecule has 1 aromatic rings. The highest BCUT2D eigenvalue weighted by molar-refractivity contribution is 5.94. The van der Waals surface area contributed by atoms with E-state index in [0.29, 0.717) is 25.2 Å². The Balaban J connectivity index is 1.83. The molecule has 1 saturated heterocycles. The van der Waals surface area contributed by atoms with Crippen LogP contribution < -0.4 is 5.32 Å². The second kappa shape index (κ2) is 8.98. The third-order valence-electron chi connectivity index (χ3n) is 3.75. The van der Waals surface area contributed by atoms with Gasteiger partial charge in [-0.3, -0.25) is 4.79 Å². The van der Waals surface area contributed by atoms with E-state index in [1.807, 2.05) is 32.0 Å². The number of hydrogen-bond acceptors (Lipinski definition) is 5. The van der Waals surface area contributed by atoms with Gasteiger partial charge in [-0.15, -0.1) is 0 Å². The Kier molecular flexibility index (Phi) is 6.98. The van der Waals surface area contributed by atoms with Crippen LogP contribution in [0, 0.1) is 0 Å². The molecule has 1 aromatic carbocycles. The summed E-state index contributed by atoms with van der Waals surface area (Å²) >= 11 is 0. The van der Waals surface area contributed by atoms with Gasteiger partial charge in [0.1, 0.15) is 0 Å². The van der Waals surface area contributed by atoms with Crippen molar-refractivity contribution in [3.8, 4) is 0 Å². The zero-order chi connectivity index (χ0) is 16.7. The first-order valence-electron chi connectivity index (χ1n) is 7.91. The summed E-state index contributed by atoms with van der Waals surface area (Å²) in [6, 6.07) is 8.91. The van der Waals surface area contributed by atoms with Crippen molar-refractivity contribution in [3.05, 3.63) is 35.9 Å². The first kappa shape index (κ1) is 17.9. The average molecular weight is 323 g/mol. The minimum atomic E-state index is -0.397. The normalized spacial score (nSPS) is 25.8. The zero-order valence-corrected chi connectivity index (χ0v) is 13.9. The van der Waals surface area contributed by atoms with Crippen molar-refractivity contribution >= 4 is 5.91 Å². The van der Waals surface area contributed by atoms with Gasteiger partial charge >= 0.3 is 0 Å². The van der Waals surface area contributed by atoms with E-state index in [4.69, 9.17) is 18.9 Å². The van der Waals surface area contributed by atoms with Crippen LogP contribution in [0.4, 0.5) is 0 Å². The van der Waals surface area contributed by atoms with Gasteiger partial charge in [-0.05, 0) is 26.0 Å². The number of rotatable bonds is 7. The van der Waals surface area contributed by atoms with Gasteiger partial charge in [0.05, 0.1) is 18.8 Å². The molecule has 1 fully saturated rings. The lowest BCUT2D eigenvalue weighted by Gasteiger charge is -2.36. The predicted molar refractivity (Wildman–Crippen MR) is 85.0 cm³/mol. The van der Waals surface area contributed by atoms with Crippen molar-refractivity contribution < 1.29 is 23.7 Å². The van der Waals surface area contributed by atoms with E-state index in [-0.39, 0.29) is 24.3 Å². The van der Waals surface area contributed by atoms with Gasteiger partial charge in [0, 0.05) is 25.7 Å². The van der Waals surface area contributed by atoms with Gasteiger partial charge in [0.2, 0.25) is 0 Å². The number of nitrogens with one attached hydrogen (secondary N) is 1. The van der Waals surface area contributed by atoms with Crippen molar-refractivity contribution in [2.24, 2.45) is 0 Å². The van der Waals surface area contributed by atoms with Crippen LogP contribution in [0.5, 0.6) is 0 Å². The minimum Gasteiger partial charge on any atom is -0.356 e. The van der Waals surface area contributed by atoms with E-state index in [1.165, 1.54) is 0 Å². The lowest BCUT2D eigenvalue weighted by molar-refractivity contribution is -0.250. The Bertz CT molecular complexity index is 481. The quantitative estimate of drug-likeness (QED) is 0.777. The summed E-state index contributed by atoms with van der Waals surface area (Å²) in [7, 11) is 1.59. The SMILES string of the molecule is CCO[C@@H](C[C@H]1OC[C@@H](NC(=O)c2ccccc2)[C@@H](C)O1)OC. The lowest BCUT2D eigenvalue weighted by atomic mass is 10.1. The number of benzene rings is 1. The second-order valence-corrected chi connectivity index (χ2v) is 5.41. The summed E-state index contributed by atoms with van der Waals surface area (Å²) in [5.41, 5.74) is 0.623. The van der Waals surface area contributed by atoms with Crippen LogP contribution >= 0.6 is 0 Å². The van der Waals surface area contributed by atoms with Crippen molar-refractivity contribution in [1.82, 2.24) is 5.32 Å². The van der Waals surface area contributed by atoms with Gasteiger partial charge in [-0.1, -0.05) is 18.2 Å². The molecule has 1 aliphatic heterocycles. The molecule has 1 amide bonds. The Hall–Kier alpha value is -1.47. The van der Waals surface area contributed by atoms with Gasteiger partial charge in [-0.25, -0.2) is 0 Å². The summed E-state index contributed by atoms with van der Waals surface area (Å²) in [6.07, 6.45) is -0.409. The molecule has 0 bridgehead atoms. The molecule has 0 radical (unpaired) electrons. The van der Waals surface area contributed by atoms with E-state index in [2.05, 4.69) is 5.32 Å². The zero-order valence-electron chi connectivity index (χ0n) is 13.9. The number of carbonyl (C=O) groups excluding carboxylic acids is 1. The van der Waals surface area contributed by atoms with Crippen molar-refractivity contribution in [2.75, 3.05) is 20.3 Å². The fraction of sp³-hybridized carbons (Fsp3) is 0.588. The lowest BCUT2D eigenvalue weighted by Crippen LogP contribution is -2.52. The van der Waals surface area contributed by atoms with Gasteiger partial charge in [-0.2, -0.15) is 0 Å². The molecule has 0 spiro atoms. The van der Waals surface area contributed by atoms with E-state index >= 15 is 0 Å².